The number of hydrogen-bond acceptors (Lipinski definition) is 1. The van der Waals surface area contributed by atoms with Gasteiger partial charge in [-0.3, -0.25) is 4.99 Å². The van der Waals surface area contributed by atoms with Crippen LogP contribution in [0.1, 0.15) is 27.2 Å². The molecule has 82 valence electrons. The molecule has 0 rings (SSSR count). The van der Waals surface area contributed by atoms with Gasteiger partial charge >= 0.3 is 0 Å². The Morgan fingerprint density at radius 2 is 1.79 bits per heavy atom. The van der Waals surface area contributed by atoms with E-state index < -0.39 is 6.43 Å². The average molecular weight is 203 g/mol. The molecule has 0 saturated carbocycles. The molecule has 0 fully saturated rings. The van der Waals surface area contributed by atoms with Crippen molar-refractivity contribution < 1.29 is 8.78 Å². The van der Waals surface area contributed by atoms with Gasteiger partial charge in [-0.1, -0.05) is 27.4 Å². The summed E-state index contributed by atoms with van der Waals surface area (Å²) in [5.74, 6) is 0.363. The molecule has 3 heteroatoms. The van der Waals surface area contributed by atoms with Crippen LogP contribution >= 0.6 is 0 Å². The molecule has 0 aliphatic rings. The molecular weight excluding hydrogens is 184 g/mol. The molecule has 0 aromatic rings. The van der Waals surface area contributed by atoms with E-state index in [0.29, 0.717) is 12.3 Å². The summed E-state index contributed by atoms with van der Waals surface area (Å²) < 4.78 is 24.4. The highest BCUT2D eigenvalue weighted by Crippen LogP contribution is 2.20. The third-order valence-corrected chi connectivity index (χ3v) is 2.23. The Hall–Kier alpha value is -0.730. The van der Waals surface area contributed by atoms with Crippen LogP contribution in [0, 0.1) is 11.8 Å². The first-order chi connectivity index (χ1) is 6.40. The van der Waals surface area contributed by atoms with Crippen LogP contribution in [0.4, 0.5) is 8.78 Å². The van der Waals surface area contributed by atoms with Crippen LogP contribution in [-0.2, 0) is 0 Å². The standard InChI is InChI=1S/C11H19F2N/c1-7(2)10(14-5)8(3)6-9(4)11(12)13/h7-8,11H,4,6H2,1-3,5H3/b14-10-. The van der Waals surface area contributed by atoms with Crippen LogP contribution in [-0.4, -0.2) is 19.2 Å². The zero-order chi connectivity index (χ0) is 11.3. The van der Waals surface area contributed by atoms with E-state index in [1.54, 1.807) is 7.05 Å². The molecule has 0 aliphatic carbocycles. The van der Waals surface area contributed by atoms with Gasteiger partial charge in [0.25, 0.3) is 6.43 Å². The lowest BCUT2D eigenvalue weighted by Gasteiger charge is -2.18. The van der Waals surface area contributed by atoms with Crippen LogP contribution in [0.15, 0.2) is 17.1 Å². The smallest absolute Gasteiger partial charge is 0.259 e. The third kappa shape index (κ3) is 3.99. The van der Waals surface area contributed by atoms with Crippen LogP contribution < -0.4 is 0 Å². The maximum Gasteiger partial charge on any atom is 0.259 e. The number of allylic oxidation sites excluding steroid dienone is 1. The molecule has 0 aromatic carbocycles. The molecule has 1 nitrogen and oxygen atoms in total. The summed E-state index contributed by atoms with van der Waals surface area (Å²) in [6.45, 7) is 9.31. The third-order valence-electron chi connectivity index (χ3n) is 2.23. The van der Waals surface area contributed by atoms with Gasteiger partial charge in [-0.05, 0) is 23.8 Å². The summed E-state index contributed by atoms with van der Waals surface area (Å²) in [5.41, 5.74) is 0.978. The number of aliphatic imine (C=N–C) groups is 1. The van der Waals surface area contributed by atoms with Crippen molar-refractivity contribution in [3.8, 4) is 0 Å². The van der Waals surface area contributed by atoms with Gasteiger partial charge in [0, 0.05) is 12.8 Å². The zero-order valence-corrected chi connectivity index (χ0v) is 9.35. The van der Waals surface area contributed by atoms with E-state index in [-0.39, 0.29) is 11.5 Å². The molecule has 0 aromatic heterocycles. The van der Waals surface area contributed by atoms with E-state index in [1.165, 1.54) is 0 Å². The van der Waals surface area contributed by atoms with Crippen LogP contribution in [0.25, 0.3) is 0 Å². The second-order valence-corrected chi connectivity index (χ2v) is 3.87. The Labute approximate surface area is 84.9 Å². The number of rotatable bonds is 5. The molecule has 0 heterocycles. The van der Waals surface area contributed by atoms with E-state index in [0.717, 1.165) is 5.71 Å². The molecule has 1 atom stereocenters. The summed E-state index contributed by atoms with van der Waals surface area (Å²) in [5, 5.41) is 0. The summed E-state index contributed by atoms with van der Waals surface area (Å²) in [7, 11) is 1.71. The van der Waals surface area contributed by atoms with Gasteiger partial charge in [0.05, 0.1) is 0 Å². The van der Waals surface area contributed by atoms with Gasteiger partial charge in [0.2, 0.25) is 0 Å². The summed E-state index contributed by atoms with van der Waals surface area (Å²) in [6.07, 6.45) is -2.09. The summed E-state index contributed by atoms with van der Waals surface area (Å²) in [6, 6.07) is 0. The average Bonchev–Trinajstić information content (AvgIpc) is 2.04. The predicted octanol–water partition coefficient (Wildman–Crippen LogP) is 3.56. The van der Waals surface area contributed by atoms with Crippen molar-refractivity contribution in [2.45, 2.75) is 33.6 Å². The van der Waals surface area contributed by atoms with Crippen molar-refractivity contribution >= 4 is 5.71 Å². The number of hydrogen-bond donors (Lipinski definition) is 0. The Kier molecular flexibility index (Phi) is 5.58. The van der Waals surface area contributed by atoms with Crippen molar-refractivity contribution in [1.29, 1.82) is 0 Å². The molecule has 0 spiro atoms. The fraction of sp³-hybridized carbons (Fsp3) is 0.727. The van der Waals surface area contributed by atoms with Gasteiger partial charge in [0.15, 0.2) is 0 Å². The van der Waals surface area contributed by atoms with Crippen molar-refractivity contribution in [1.82, 2.24) is 0 Å². The molecule has 0 aliphatic heterocycles. The van der Waals surface area contributed by atoms with Gasteiger partial charge in [-0.15, -0.1) is 0 Å². The summed E-state index contributed by atoms with van der Waals surface area (Å²) in [4.78, 5) is 4.13. The molecular formula is C11H19F2N. The molecule has 14 heavy (non-hydrogen) atoms. The van der Waals surface area contributed by atoms with E-state index >= 15 is 0 Å². The van der Waals surface area contributed by atoms with Gasteiger partial charge in [-0.2, -0.15) is 0 Å². The molecule has 0 bridgehead atoms. The first-order valence-electron chi connectivity index (χ1n) is 4.82. The number of nitrogens with zero attached hydrogens (tertiary/aromatic N) is 1. The topological polar surface area (TPSA) is 12.4 Å². The Morgan fingerprint density at radius 3 is 2.07 bits per heavy atom. The van der Waals surface area contributed by atoms with Crippen molar-refractivity contribution in [3.63, 3.8) is 0 Å². The molecule has 1 unspecified atom stereocenters. The fourth-order valence-corrected chi connectivity index (χ4v) is 1.63. The second kappa shape index (κ2) is 5.89. The largest absolute Gasteiger partial charge is 0.297 e. The highest BCUT2D eigenvalue weighted by atomic mass is 19.3. The van der Waals surface area contributed by atoms with Crippen molar-refractivity contribution in [3.05, 3.63) is 12.2 Å². The quantitative estimate of drug-likeness (QED) is 0.478. The van der Waals surface area contributed by atoms with Crippen molar-refractivity contribution in [2.24, 2.45) is 16.8 Å². The first kappa shape index (κ1) is 13.3. The van der Waals surface area contributed by atoms with E-state index in [9.17, 15) is 8.78 Å². The summed E-state index contributed by atoms with van der Waals surface area (Å²) >= 11 is 0. The van der Waals surface area contributed by atoms with Gasteiger partial charge in [0.1, 0.15) is 0 Å². The van der Waals surface area contributed by atoms with Gasteiger partial charge < -0.3 is 0 Å². The maximum atomic E-state index is 12.2. The lowest BCUT2D eigenvalue weighted by atomic mass is 9.90. The minimum atomic E-state index is -2.41. The second-order valence-electron chi connectivity index (χ2n) is 3.87. The Morgan fingerprint density at radius 1 is 1.29 bits per heavy atom. The van der Waals surface area contributed by atoms with Crippen LogP contribution in [0.5, 0.6) is 0 Å². The lowest BCUT2D eigenvalue weighted by molar-refractivity contribution is 0.184. The van der Waals surface area contributed by atoms with Gasteiger partial charge in [-0.25, -0.2) is 8.78 Å². The lowest BCUT2D eigenvalue weighted by Crippen LogP contribution is -2.19. The van der Waals surface area contributed by atoms with Crippen LogP contribution in [0.2, 0.25) is 0 Å². The van der Waals surface area contributed by atoms with E-state index in [2.05, 4.69) is 11.6 Å². The predicted molar refractivity (Wildman–Crippen MR) is 57.1 cm³/mol. The minimum absolute atomic E-state index is 0.000648. The number of halogens is 2. The first-order valence-corrected chi connectivity index (χ1v) is 4.82. The molecule has 0 radical (unpaired) electrons. The maximum absolute atomic E-state index is 12.2. The van der Waals surface area contributed by atoms with E-state index in [1.807, 2.05) is 20.8 Å². The molecule has 0 saturated heterocycles. The highest BCUT2D eigenvalue weighted by Gasteiger charge is 2.18. The molecule has 0 amide bonds. The SMILES string of the molecule is C=C(CC(C)/C(=N\C)C(C)C)C(F)F. The normalized spacial score (nSPS) is 15.0. The highest BCUT2D eigenvalue weighted by molar-refractivity contribution is 5.88. The number of alkyl halides is 2. The fourth-order valence-electron chi connectivity index (χ4n) is 1.63. The van der Waals surface area contributed by atoms with Crippen molar-refractivity contribution in [2.75, 3.05) is 7.05 Å². The Balaban J connectivity index is 4.33. The van der Waals surface area contributed by atoms with Crippen LogP contribution in [0.3, 0.4) is 0 Å². The zero-order valence-electron chi connectivity index (χ0n) is 9.35. The monoisotopic (exact) mass is 203 g/mol. The van der Waals surface area contributed by atoms with E-state index in [4.69, 9.17) is 0 Å². The minimum Gasteiger partial charge on any atom is -0.297 e. The molecule has 0 N–H and O–H groups in total. The Bertz CT molecular complexity index is 219.